The van der Waals surface area contributed by atoms with Gasteiger partial charge in [0.1, 0.15) is 5.69 Å². The molecule has 0 bridgehead atoms. The Morgan fingerprint density at radius 3 is 2.52 bits per heavy atom. The molecule has 1 unspecified atom stereocenters. The molecule has 1 aromatic carbocycles. The lowest BCUT2D eigenvalue weighted by Gasteiger charge is -2.15. The molecule has 0 saturated carbocycles. The van der Waals surface area contributed by atoms with Crippen LogP contribution in [0.5, 0.6) is 0 Å². The normalized spacial score (nSPS) is 12.0. The maximum absolute atomic E-state index is 11.1. The molecule has 0 aliphatic rings. The average Bonchev–Trinajstić information content (AvgIpc) is 2.37. The van der Waals surface area contributed by atoms with Crippen LogP contribution in [-0.2, 0) is 0 Å². The fourth-order valence-electron chi connectivity index (χ4n) is 1.95. The van der Waals surface area contributed by atoms with E-state index in [9.17, 15) is 10.1 Å². The summed E-state index contributed by atoms with van der Waals surface area (Å²) in [6.45, 7) is 3.38. The maximum atomic E-state index is 11.1. The summed E-state index contributed by atoms with van der Waals surface area (Å²) in [5, 5.41) is 14.8. The Bertz CT molecular complexity index is 675. The molecule has 2 rings (SSSR count). The van der Waals surface area contributed by atoms with E-state index < -0.39 is 4.92 Å². The van der Waals surface area contributed by atoms with Crippen LogP contribution in [0.3, 0.4) is 0 Å². The zero-order valence-corrected chi connectivity index (χ0v) is 12.3. The molecule has 21 heavy (non-hydrogen) atoms. The highest BCUT2D eigenvalue weighted by atomic mass is 35.5. The molecule has 1 atom stereocenters. The van der Waals surface area contributed by atoms with Crippen molar-refractivity contribution in [2.24, 2.45) is 0 Å². The molecule has 3 N–H and O–H groups in total. The van der Waals surface area contributed by atoms with Crippen molar-refractivity contribution in [1.82, 2.24) is 9.97 Å². The van der Waals surface area contributed by atoms with Gasteiger partial charge in [-0.2, -0.15) is 4.98 Å². The summed E-state index contributed by atoms with van der Waals surface area (Å²) < 4.78 is 0. The van der Waals surface area contributed by atoms with E-state index in [1.54, 1.807) is 12.1 Å². The van der Waals surface area contributed by atoms with Gasteiger partial charge in [-0.3, -0.25) is 10.1 Å². The van der Waals surface area contributed by atoms with Crippen molar-refractivity contribution in [2.45, 2.75) is 19.9 Å². The van der Waals surface area contributed by atoms with Crippen molar-refractivity contribution < 1.29 is 4.92 Å². The Morgan fingerprint density at radius 2 is 1.95 bits per heavy atom. The first kappa shape index (κ1) is 15.0. The van der Waals surface area contributed by atoms with Crippen LogP contribution < -0.4 is 11.1 Å². The van der Waals surface area contributed by atoms with Crippen LogP contribution >= 0.6 is 11.6 Å². The Morgan fingerprint density at radius 1 is 1.33 bits per heavy atom. The van der Waals surface area contributed by atoms with Gasteiger partial charge in [-0.15, -0.1) is 0 Å². The molecule has 7 nitrogen and oxygen atoms in total. The Kier molecular flexibility index (Phi) is 4.23. The van der Waals surface area contributed by atoms with Gasteiger partial charge in [0.05, 0.1) is 11.0 Å². The second-order valence-electron chi connectivity index (χ2n) is 4.54. The summed E-state index contributed by atoms with van der Waals surface area (Å²) in [6, 6.07) is 6.98. The number of anilines is 2. The Hall–Kier alpha value is -2.41. The predicted octanol–water partition coefficient (Wildman–Crippen LogP) is 3.10. The molecule has 0 aliphatic heterocycles. The third-order valence-electron chi connectivity index (χ3n) is 2.98. The lowest BCUT2D eigenvalue weighted by atomic mass is 10.1. The third kappa shape index (κ3) is 3.38. The van der Waals surface area contributed by atoms with E-state index in [-0.39, 0.29) is 29.2 Å². The van der Waals surface area contributed by atoms with Crippen molar-refractivity contribution in [1.29, 1.82) is 0 Å². The van der Waals surface area contributed by atoms with Gasteiger partial charge in [0.25, 0.3) is 0 Å². The molecule has 2 aromatic rings. The van der Waals surface area contributed by atoms with Gasteiger partial charge in [0.15, 0.2) is 0 Å². The molecule has 1 aromatic heterocycles. The van der Waals surface area contributed by atoms with Gasteiger partial charge in [-0.05, 0) is 31.5 Å². The number of hydrogen-bond donors (Lipinski definition) is 2. The highest BCUT2D eigenvalue weighted by Gasteiger charge is 2.22. The Labute approximate surface area is 126 Å². The number of nitrogen functional groups attached to an aromatic ring is 1. The van der Waals surface area contributed by atoms with Crippen LogP contribution in [0.25, 0.3) is 0 Å². The second-order valence-corrected chi connectivity index (χ2v) is 4.98. The number of aryl methyl sites for hydroxylation is 1. The van der Waals surface area contributed by atoms with Crippen LogP contribution in [0.1, 0.15) is 24.2 Å². The minimum absolute atomic E-state index is 0.0103. The zero-order valence-electron chi connectivity index (χ0n) is 11.5. The number of nitrogens with one attached hydrogen (secondary N) is 1. The largest absolute Gasteiger partial charge is 0.368 e. The fourth-order valence-corrected chi connectivity index (χ4v) is 2.07. The molecule has 0 radical (unpaired) electrons. The monoisotopic (exact) mass is 307 g/mol. The maximum Gasteiger partial charge on any atom is 0.332 e. The second kappa shape index (κ2) is 5.92. The molecule has 0 amide bonds. The first-order chi connectivity index (χ1) is 9.88. The summed E-state index contributed by atoms with van der Waals surface area (Å²) in [6.07, 6.45) is 0. The van der Waals surface area contributed by atoms with Crippen LogP contribution in [-0.4, -0.2) is 14.9 Å². The van der Waals surface area contributed by atoms with Gasteiger partial charge in [-0.25, -0.2) is 4.98 Å². The molecular formula is C13H14ClN5O2. The highest BCUT2D eigenvalue weighted by Crippen LogP contribution is 2.29. The van der Waals surface area contributed by atoms with Crippen LogP contribution in [0, 0.1) is 17.0 Å². The standard InChI is InChI=1S/C13H14ClN5O2/c1-7(9-3-5-10(14)6-4-9)16-12-11(19(20)21)8(2)17-13(15)18-12/h3-7H,1-2H3,(H3,15,16,17,18). The fraction of sp³-hybridized carbons (Fsp3) is 0.231. The number of nitrogens with two attached hydrogens (primary N) is 1. The van der Waals surface area contributed by atoms with Gasteiger partial charge < -0.3 is 11.1 Å². The molecule has 0 aliphatic carbocycles. The number of hydrogen-bond acceptors (Lipinski definition) is 6. The highest BCUT2D eigenvalue weighted by molar-refractivity contribution is 6.30. The van der Waals surface area contributed by atoms with E-state index >= 15 is 0 Å². The van der Waals surface area contributed by atoms with E-state index in [2.05, 4.69) is 15.3 Å². The van der Waals surface area contributed by atoms with E-state index in [0.29, 0.717) is 5.02 Å². The minimum atomic E-state index is -0.522. The molecule has 0 saturated heterocycles. The van der Waals surface area contributed by atoms with Gasteiger partial charge in [0, 0.05) is 5.02 Å². The van der Waals surface area contributed by atoms with E-state index in [4.69, 9.17) is 17.3 Å². The van der Waals surface area contributed by atoms with Crippen molar-refractivity contribution in [2.75, 3.05) is 11.1 Å². The van der Waals surface area contributed by atoms with Crippen LogP contribution in [0.4, 0.5) is 17.5 Å². The van der Waals surface area contributed by atoms with Crippen LogP contribution in [0.15, 0.2) is 24.3 Å². The summed E-state index contributed by atoms with van der Waals surface area (Å²) in [5.74, 6) is 0.0938. The number of rotatable bonds is 4. The van der Waals surface area contributed by atoms with Crippen LogP contribution in [0.2, 0.25) is 5.02 Å². The van der Waals surface area contributed by atoms with E-state index in [1.165, 1.54) is 6.92 Å². The van der Waals surface area contributed by atoms with E-state index in [1.807, 2.05) is 19.1 Å². The van der Waals surface area contributed by atoms with Gasteiger partial charge >= 0.3 is 5.69 Å². The zero-order chi connectivity index (χ0) is 15.6. The lowest BCUT2D eigenvalue weighted by molar-refractivity contribution is -0.385. The molecule has 1 heterocycles. The van der Waals surface area contributed by atoms with E-state index in [0.717, 1.165) is 5.56 Å². The number of nitro groups is 1. The van der Waals surface area contributed by atoms with Crippen molar-refractivity contribution in [3.8, 4) is 0 Å². The lowest BCUT2D eigenvalue weighted by Crippen LogP contribution is -2.12. The first-order valence-electron chi connectivity index (χ1n) is 6.19. The van der Waals surface area contributed by atoms with Crippen molar-refractivity contribution >= 4 is 29.1 Å². The summed E-state index contributed by atoms with van der Waals surface area (Å²) in [5.41, 5.74) is 6.53. The molecule has 8 heteroatoms. The summed E-state index contributed by atoms with van der Waals surface area (Å²) >= 11 is 5.84. The van der Waals surface area contributed by atoms with Gasteiger partial charge in [-0.1, -0.05) is 23.7 Å². The number of halogens is 1. The Balaban J connectivity index is 2.34. The molecule has 0 spiro atoms. The topological polar surface area (TPSA) is 107 Å². The van der Waals surface area contributed by atoms with Crippen molar-refractivity contribution in [3.63, 3.8) is 0 Å². The predicted molar refractivity (Wildman–Crippen MR) is 81.3 cm³/mol. The number of nitrogens with zero attached hydrogens (tertiary/aromatic N) is 3. The summed E-state index contributed by atoms with van der Waals surface area (Å²) in [7, 11) is 0. The minimum Gasteiger partial charge on any atom is -0.368 e. The average molecular weight is 308 g/mol. The quantitative estimate of drug-likeness (QED) is 0.664. The SMILES string of the molecule is Cc1nc(N)nc(NC(C)c2ccc(Cl)cc2)c1[N+](=O)[O-]. The third-order valence-corrected chi connectivity index (χ3v) is 3.23. The van der Waals surface area contributed by atoms with Crippen molar-refractivity contribution in [3.05, 3.63) is 50.7 Å². The number of aromatic nitrogens is 2. The smallest absolute Gasteiger partial charge is 0.332 e. The first-order valence-corrected chi connectivity index (χ1v) is 6.56. The molecule has 110 valence electrons. The molecular weight excluding hydrogens is 294 g/mol. The molecule has 0 fully saturated rings. The van der Waals surface area contributed by atoms with Gasteiger partial charge in [0.2, 0.25) is 11.8 Å². The number of benzene rings is 1. The summed E-state index contributed by atoms with van der Waals surface area (Å²) in [4.78, 5) is 18.4.